The quantitative estimate of drug-likeness (QED) is 0.783. The van der Waals surface area contributed by atoms with Crippen LogP contribution in [0.25, 0.3) is 5.57 Å². The second-order valence-electron chi connectivity index (χ2n) is 3.17. The van der Waals surface area contributed by atoms with Gasteiger partial charge in [-0.15, -0.1) is 0 Å². The second-order valence-corrected chi connectivity index (χ2v) is 3.17. The van der Waals surface area contributed by atoms with Crippen molar-refractivity contribution in [2.75, 3.05) is 13.7 Å². The monoisotopic (exact) mass is 226 g/mol. The minimum absolute atomic E-state index is 0.169. The molecule has 0 aliphatic carbocycles. The summed E-state index contributed by atoms with van der Waals surface area (Å²) in [4.78, 5) is 11.2. The van der Waals surface area contributed by atoms with Gasteiger partial charge >= 0.3 is 5.63 Å². The summed E-state index contributed by atoms with van der Waals surface area (Å²) < 4.78 is 9.96. The van der Waals surface area contributed by atoms with Crippen LogP contribution in [0.4, 0.5) is 0 Å². The highest BCUT2D eigenvalue weighted by molar-refractivity contribution is 5.63. The average molecular weight is 226 g/mol. The number of aliphatic hydroxyl groups is 2. The van der Waals surface area contributed by atoms with Crippen molar-refractivity contribution < 1.29 is 19.4 Å². The molecule has 0 unspecified atom stereocenters. The van der Waals surface area contributed by atoms with Crippen LogP contribution in [0.1, 0.15) is 18.2 Å². The molecule has 0 saturated carbocycles. The average Bonchev–Trinajstić information content (AvgIpc) is 2.28. The fraction of sp³-hybridized carbons (Fsp3) is 0.364. The SMILES string of the molecule is COc1cc(=O)oc(/C(C)=C/CO)c1CO. The number of hydrogen-bond donors (Lipinski definition) is 2. The van der Waals surface area contributed by atoms with E-state index in [1.54, 1.807) is 6.92 Å². The Labute approximate surface area is 92.6 Å². The Morgan fingerprint density at radius 3 is 2.75 bits per heavy atom. The van der Waals surface area contributed by atoms with Gasteiger partial charge in [-0.25, -0.2) is 4.79 Å². The first-order valence-electron chi connectivity index (χ1n) is 4.74. The molecule has 0 bridgehead atoms. The molecule has 1 rings (SSSR count). The zero-order valence-corrected chi connectivity index (χ0v) is 9.19. The smallest absolute Gasteiger partial charge is 0.339 e. The minimum Gasteiger partial charge on any atom is -0.496 e. The lowest BCUT2D eigenvalue weighted by molar-refractivity contribution is 0.266. The highest BCUT2D eigenvalue weighted by Crippen LogP contribution is 2.25. The van der Waals surface area contributed by atoms with Crippen LogP contribution in [0, 0.1) is 0 Å². The molecular weight excluding hydrogens is 212 g/mol. The Kier molecular flexibility index (Phi) is 4.28. The largest absolute Gasteiger partial charge is 0.496 e. The predicted molar refractivity (Wildman–Crippen MR) is 58.2 cm³/mol. The van der Waals surface area contributed by atoms with E-state index < -0.39 is 5.63 Å². The Bertz CT molecular complexity index is 444. The third kappa shape index (κ3) is 2.50. The molecule has 0 fully saturated rings. The van der Waals surface area contributed by atoms with Gasteiger partial charge < -0.3 is 19.4 Å². The fourth-order valence-electron chi connectivity index (χ4n) is 1.38. The Morgan fingerprint density at radius 2 is 2.25 bits per heavy atom. The van der Waals surface area contributed by atoms with Crippen LogP contribution in [-0.2, 0) is 6.61 Å². The van der Waals surface area contributed by atoms with Crippen molar-refractivity contribution in [3.63, 3.8) is 0 Å². The van der Waals surface area contributed by atoms with Crippen molar-refractivity contribution >= 4 is 5.57 Å². The first-order chi connectivity index (χ1) is 7.63. The standard InChI is InChI=1S/C11H14O5/c1-7(3-4-12)11-8(6-13)9(15-2)5-10(14)16-11/h3,5,12-13H,4,6H2,1-2H3/b7-3+. The highest BCUT2D eigenvalue weighted by atomic mass is 16.5. The topological polar surface area (TPSA) is 79.9 Å². The predicted octanol–water partition coefficient (Wildman–Crippen LogP) is 0.536. The van der Waals surface area contributed by atoms with E-state index in [2.05, 4.69) is 0 Å². The van der Waals surface area contributed by atoms with Gasteiger partial charge in [-0.05, 0) is 12.5 Å². The molecule has 1 aromatic heterocycles. The first kappa shape index (κ1) is 12.5. The Balaban J connectivity index is 3.42. The summed E-state index contributed by atoms with van der Waals surface area (Å²) in [6, 6.07) is 1.17. The number of methoxy groups -OCH3 is 1. The summed E-state index contributed by atoms with van der Waals surface area (Å²) in [5.41, 5.74) is 0.404. The third-order valence-corrected chi connectivity index (χ3v) is 2.16. The number of aliphatic hydroxyl groups excluding tert-OH is 2. The van der Waals surface area contributed by atoms with Gasteiger partial charge in [0.25, 0.3) is 0 Å². The number of allylic oxidation sites excluding steroid dienone is 1. The molecule has 0 aliphatic rings. The van der Waals surface area contributed by atoms with E-state index in [4.69, 9.17) is 14.3 Å². The van der Waals surface area contributed by atoms with Crippen LogP contribution < -0.4 is 10.4 Å². The molecular formula is C11H14O5. The highest BCUT2D eigenvalue weighted by Gasteiger charge is 2.14. The molecule has 5 heteroatoms. The van der Waals surface area contributed by atoms with E-state index in [9.17, 15) is 9.90 Å². The molecule has 2 N–H and O–H groups in total. The summed E-state index contributed by atoms with van der Waals surface area (Å²) in [7, 11) is 1.41. The maximum absolute atomic E-state index is 11.2. The molecule has 1 aromatic rings. The molecule has 0 aliphatic heterocycles. The molecule has 0 saturated heterocycles. The number of hydrogen-bond acceptors (Lipinski definition) is 5. The minimum atomic E-state index is -0.560. The maximum atomic E-state index is 11.2. The lowest BCUT2D eigenvalue weighted by Crippen LogP contribution is -2.06. The van der Waals surface area contributed by atoms with E-state index in [-0.39, 0.29) is 24.7 Å². The Hall–Kier alpha value is -1.59. The van der Waals surface area contributed by atoms with Gasteiger partial charge in [-0.3, -0.25) is 0 Å². The van der Waals surface area contributed by atoms with Gasteiger partial charge in [0.2, 0.25) is 0 Å². The van der Waals surface area contributed by atoms with Gasteiger partial charge in [0, 0.05) is 0 Å². The molecule has 1 heterocycles. The maximum Gasteiger partial charge on any atom is 0.339 e. The zero-order chi connectivity index (χ0) is 12.1. The Morgan fingerprint density at radius 1 is 1.56 bits per heavy atom. The molecule has 0 spiro atoms. The van der Waals surface area contributed by atoms with Crippen molar-refractivity contribution in [1.29, 1.82) is 0 Å². The zero-order valence-electron chi connectivity index (χ0n) is 9.19. The van der Waals surface area contributed by atoms with Crippen molar-refractivity contribution in [2.24, 2.45) is 0 Å². The van der Waals surface area contributed by atoms with Gasteiger partial charge in [0.1, 0.15) is 11.5 Å². The number of ether oxygens (including phenoxy) is 1. The van der Waals surface area contributed by atoms with Crippen molar-refractivity contribution in [3.05, 3.63) is 33.9 Å². The molecule has 16 heavy (non-hydrogen) atoms. The van der Waals surface area contributed by atoms with Gasteiger partial charge in [0.15, 0.2) is 0 Å². The summed E-state index contributed by atoms with van der Waals surface area (Å²) in [6.07, 6.45) is 1.48. The fourth-order valence-corrected chi connectivity index (χ4v) is 1.38. The summed E-state index contributed by atoms with van der Waals surface area (Å²) in [5.74, 6) is 0.514. The first-order valence-corrected chi connectivity index (χ1v) is 4.74. The van der Waals surface area contributed by atoms with Crippen molar-refractivity contribution in [3.8, 4) is 5.75 Å². The van der Waals surface area contributed by atoms with Crippen LogP contribution in [0.2, 0.25) is 0 Å². The summed E-state index contributed by atoms with van der Waals surface area (Å²) >= 11 is 0. The summed E-state index contributed by atoms with van der Waals surface area (Å²) in [6.45, 7) is 1.20. The van der Waals surface area contributed by atoms with Gasteiger partial charge in [-0.1, -0.05) is 6.08 Å². The van der Waals surface area contributed by atoms with Crippen molar-refractivity contribution in [2.45, 2.75) is 13.5 Å². The molecule has 0 radical (unpaired) electrons. The van der Waals surface area contributed by atoms with Crippen LogP contribution in [0.15, 0.2) is 21.4 Å². The van der Waals surface area contributed by atoms with E-state index in [0.29, 0.717) is 11.1 Å². The van der Waals surface area contributed by atoms with Crippen molar-refractivity contribution in [1.82, 2.24) is 0 Å². The third-order valence-electron chi connectivity index (χ3n) is 2.16. The van der Waals surface area contributed by atoms with Crippen LogP contribution in [0.3, 0.4) is 0 Å². The van der Waals surface area contributed by atoms with Crippen LogP contribution >= 0.6 is 0 Å². The summed E-state index contributed by atoms with van der Waals surface area (Å²) in [5, 5.41) is 18.0. The van der Waals surface area contributed by atoms with E-state index in [1.165, 1.54) is 19.3 Å². The molecule has 5 nitrogen and oxygen atoms in total. The van der Waals surface area contributed by atoms with E-state index in [1.807, 2.05) is 0 Å². The van der Waals surface area contributed by atoms with Gasteiger partial charge in [-0.2, -0.15) is 0 Å². The normalized spacial score (nSPS) is 11.6. The molecule has 88 valence electrons. The number of rotatable bonds is 4. The van der Waals surface area contributed by atoms with Crippen LogP contribution in [0.5, 0.6) is 5.75 Å². The lowest BCUT2D eigenvalue weighted by atomic mass is 10.1. The lowest BCUT2D eigenvalue weighted by Gasteiger charge is -2.10. The molecule has 0 amide bonds. The van der Waals surface area contributed by atoms with Crippen LogP contribution in [-0.4, -0.2) is 23.9 Å². The van der Waals surface area contributed by atoms with E-state index >= 15 is 0 Å². The molecule has 0 atom stereocenters. The molecule has 0 aromatic carbocycles. The van der Waals surface area contributed by atoms with E-state index in [0.717, 1.165) is 0 Å². The van der Waals surface area contributed by atoms with Gasteiger partial charge in [0.05, 0.1) is 32.0 Å². The second kappa shape index (κ2) is 5.48.